The predicted octanol–water partition coefficient (Wildman–Crippen LogP) is 0.942. The normalized spacial score (nSPS) is 11.8. The summed E-state index contributed by atoms with van der Waals surface area (Å²) in [5.74, 6) is -1.15. The van der Waals surface area contributed by atoms with Crippen LogP contribution < -0.4 is 22.1 Å². The first-order valence-electron chi connectivity index (χ1n) is 7.21. The van der Waals surface area contributed by atoms with Crippen LogP contribution in [0.5, 0.6) is 0 Å². The van der Waals surface area contributed by atoms with Gasteiger partial charge < -0.3 is 27.2 Å². The van der Waals surface area contributed by atoms with E-state index in [0.717, 1.165) is 10.7 Å². The lowest BCUT2D eigenvalue weighted by Gasteiger charge is -2.17. The van der Waals surface area contributed by atoms with E-state index in [1.54, 1.807) is 18.2 Å². The maximum absolute atomic E-state index is 11.6. The second-order valence-electron chi connectivity index (χ2n) is 5.19. The van der Waals surface area contributed by atoms with E-state index in [0.29, 0.717) is 16.9 Å². The van der Waals surface area contributed by atoms with Gasteiger partial charge in [-0.3, -0.25) is 9.59 Å². The van der Waals surface area contributed by atoms with Crippen molar-refractivity contribution in [2.75, 3.05) is 17.2 Å². The standard InChI is InChI=1S/C15H19N5O3S/c1-8-6-13(24-20-8)19-12-7-9(2-3-10(12)14(16)22)18-11(4-5-21)15(17)23/h2-3,6-7,11,18-19,21H,4-5H2,1H3,(H2,16,22)(H2,17,23)/t11-/m1/s1. The van der Waals surface area contributed by atoms with Crippen molar-refractivity contribution in [3.05, 3.63) is 35.5 Å². The molecular formula is C15H19N5O3S. The van der Waals surface area contributed by atoms with Gasteiger partial charge in [0, 0.05) is 12.3 Å². The minimum absolute atomic E-state index is 0.175. The molecule has 7 N–H and O–H groups in total. The number of carbonyl (C=O) groups is 2. The first-order chi connectivity index (χ1) is 11.4. The summed E-state index contributed by atoms with van der Waals surface area (Å²) in [4.78, 5) is 23.0. The smallest absolute Gasteiger partial charge is 0.250 e. The lowest BCUT2D eigenvalue weighted by atomic mass is 10.1. The van der Waals surface area contributed by atoms with E-state index >= 15 is 0 Å². The van der Waals surface area contributed by atoms with Crippen LogP contribution in [0.3, 0.4) is 0 Å². The average Bonchev–Trinajstić information content (AvgIpc) is 2.91. The molecule has 0 bridgehead atoms. The number of hydrogen-bond acceptors (Lipinski definition) is 7. The maximum Gasteiger partial charge on any atom is 0.250 e. The Morgan fingerprint density at radius 2 is 2.08 bits per heavy atom. The first kappa shape index (κ1) is 17.7. The molecule has 0 saturated carbocycles. The number of benzene rings is 1. The zero-order chi connectivity index (χ0) is 17.7. The molecule has 0 radical (unpaired) electrons. The molecule has 8 nitrogen and oxygen atoms in total. The third-order valence-corrected chi connectivity index (χ3v) is 4.07. The van der Waals surface area contributed by atoms with E-state index in [1.165, 1.54) is 11.5 Å². The molecule has 2 rings (SSSR count). The van der Waals surface area contributed by atoms with Crippen molar-refractivity contribution < 1.29 is 14.7 Å². The molecule has 0 unspecified atom stereocenters. The number of anilines is 3. The van der Waals surface area contributed by atoms with E-state index in [1.807, 2.05) is 13.0 Å². The highest BCUT2D eigenvalue weighted by molar-refractivity contribution is 7.10. The minimum atomic E-state index is -0.715. The summed E-state index contributed by atoms with van der Waals surface area (Å²) in [5, 5.41) is 15.8. The quantitative estimate of drug-likeness (QED) is 0.480. The molecule has 0 spiro atoms. The van der Waals surface area contributed by atoms with Gasteiger partial charge in [-0.15, -0.1) is 0 Å². The van der Waals surface area contributed by atoms with E-state index in [4.69, 9.17) is 16.6 Å². The zero-order valence-electron chi connectivity index (χ0n) is 13.1. The van der Waals surface area contributed by atoms with Crippen LogP contribution in [0.4, 0.5) is 16.4 Å². The van der Waals surface area contributed by atoms with Gasteiger partial charge in [0.15, 0.2) is 0 Å². The SMILES string of the molecule is Cc1cc(Nc2cc(N[C@H](CCO)C(N)=O)ccc2C(N)=O)sn1. The molecule has 2 aromatic rings. The Morgan fingerprint density at radius 1 is 1.33 bits per heavy atom. The Morgan fingerprint density at radius 3 is 2.62 bits per heavy atom. The van der Waals surface area contributed by atoms with Crippen molar-refractivity contribution in [2.24, 2.45) is 11.5 Å². The number of aliphatic hydroxyl groups is 1. The van der Waals surface area contributed by atoms with Gasteiger partial charge in [-0.25, -0.2) is 0 Å². The molecule has 0 aliphatic heterocycles. The Labute approximate surface area is 143 Å². The van der Waals surface area contributed by atoms with Crippen molar-refractivity contribution in [3.8, 4) is 0 Å². The molecule has 1 aromatic carbocycles. The van der Waals surface area contributed by atoms with Crippen molar-refractivity contribution in [3.63, 3.8) is 0 Å². The topological polar surface area (TPSA) is 143 Å². The van der Waals surface area contributed by atoms with Gasteiger partial charge in [0.1, 0.15) is 11.0 Å². The highest BCUT2D eigenvalue weighted by Crippen LogP contribution is 2.27. The summed E-state index contributed by atoms with van der Waals surface area (Å²) in [6.07, 6.45) is 0.184. The molecule has 24 heavy (non-hydrogen) atoms. The molecule has 0 saturated heterocycles. The third-order valence-electron chi connectivity index (χ3n) is 3.27. The second kappa shape index (κ2) is 7.75. The van der Waals surface area contributed by atoms with Crippen molar-refractivity contribution in [2.45, 2.75) is 19.4 Å². The fourth-order valence-corrected chi connectivity index (χ4v) is 2.80. The highest BCUT2D eigenvalue weighted by atomic mass is 32.1. The summed E-state index contributed by atoms with van der Waals surface area (Å²) in [5.41, 5.74) is 12.9. The lowest BCUT2D eigenvalue weighted by molar-refractivity contribution is -0.119. The first-order valence-corrected chi connectivity index (χ1v) is 7.99. The summed E-state index contributed by atoms with van der Waals surface area (Å²) >= 11 is 1.26. The van der Waals surface area contributed by atoms with Crippen LogP contribution in [0.2, 0.25) is 0 Å². The van der Waals surface area contributed by atoms with Gasteiger partial charge >= 0.3 is 0 Å². The number of nitrogens with one attached hydrogen (secondary N) is 2. The number of aliphatic hydroxyl groups excluding tert-OH is 1. The monoisotopic (exact) mass is 349 g/mol. The fourth-order valence-electron chi connectivity index (χ4n) is 2.12. The molecule has 1 heterocycles. The van der Waals surface area contributed by atoms with Gasteiger partial charge in [-0.05, 0) is 49.1 Å². The number of primary amides is 2. The summed E-state index contributed by atoms with van der Waals surface area (Å²) in [6, 6.07) is 5.96. The lowest BCUT2D eigenvalue weighted by Crippen LogP contribution is -2.36. The average molecular weight is 349 g/mol. The van der Waals surface area contributed by atoms with Gasteiger partial charge in [0.25, 0.3) is 5.91 Å². The Balaban J connectivity index is 2.29. The van der Waals surface area contributed by atoms with Crippen LogP contribution in [0.1, 0.15) is 22.5 Å². The molecule has 9 heteroatoms. The molecule has 128 valence electrons. The number of aryl methyl sites for hydroxylation is 1. The van der Waals surface area contributed by atoms with Gasteiger partial charge in [-0.1, -0.05) is 0 Å². The second-order valence-corrected chi connectivity index (χ2v) is 6.00. The number of nitrogens with zero attached hydrogens (tertiary/aromatic N) is 1. The van der Waals surface area contributed by atoms with Crippen LogP contribution >= 0.6 is 11.5 Å². The summed E-state index contributed by atoms with van der Waals surface area (Å²) < 4.78 is 4.16. The molecule has 0 fully saturated rings. The van der Waals surface area contributed by atoms with Crippen molar-refractivity contribution >= 4 is 39.7 Å². The number of nitrogens with two attached hydrogens (primary N) is 2. The van der Waals surface area contributed by atoms with E-state index in [9.17, 15) is 9.59 Å². The maximum atomic E-state index is 11.6. The number of rotatable bonds is 8. The van der Waals surface area contributed by atoms with Crippen LogP contribution in [0.25, 0.3) is 0 Å². The van der Waals surface area contributed by atoms with Crippen molar-refractivity contribution in [1.29, 1.82) is 0 Å². The fraction of sp³-hybridized carbons (Fsp3) is 0.267. The summed E-state index contributed by atoms with van der Waals surface area (Å²) in [6.45, 7) is 1.69. The number of amides is 2. The molecule has 1 aromatic heterocycles. The van der Waals surface area contributed by atoms with Crippen LogP contribution in [0.15, 0.2) is 24.3 Å². The van der Waals surface area contributed by atoms with E-state index in [-0.39, 0.29) is 13.0 Å². The van der Waals surface area contributed by atoms with Crippen LogP contribution in [0, 0.1) is 6.92 Å². The molecule has 1 atom stereocenters. The number of hydrogen-bond donors (Lipinski definition) is 5. The molecule has 2 amide bonds. The van der Waals surface area contributed by atoms with Crippen LogP contribution in [-0.4, -0.2) is 33.9 Å². The zero-order valence-corrected chi connectivity index (χ0v) is 13.9. The molecular weight excluding hydrogens is 330 g/mol. The van der Waals surface area contributed by atoms with E-state index in [2.05, 4.69) is 15.0 Å². The van der Waals surface area contributed by atoms with Gasteiger partial charge in [0.2, 0.25) is 5.91 Å². The predicted molar refractivity (Wildman–Crippen MR) is 93.4 cm³/mol. The summed E-state index contributed by atoms with van der Waals surface area (Å²) in [7, 11) is 0. The molecule has 0 aliphatic carbocycles. The minimum Gasteiger partial charge on any atom is -0.396 e. The number of aromatic nitrogens is 1. The van der Waals surface area contributed by atoms with Crippen LogP contribution in [-0.2, 0) is 4.79 Å². The number of carbonyl (C=O) groups excluding carboxylic acids is 2. The molecule has 0 aliphatic rings. The van der Waals surface area contributed by atoms with E-state index < -0.39 is 17.9 Å². The Bertz CT molecular complexity index is 746. The largest absolute Gasteiger partial charge is 0.396 e. The van der Waals surface area contributed by atoms with Gasteiger partial charge in [-0.2, -0.15) is 4.37 Å². The van der Waals surface area contributed by atoms with Crippen molar-refractivity contribution in [1.82, 2.24) is 4.37 Å². The third kappa shape index (κ3) is 4.43. The Hall–Kier alpha value is -2.65. The highest BCUT2D eigenvalue weighted by Gasteiger charge is 2.16. The van der Waals surface area contributed by atoms with Gasteiger partial charge in [0.05, 0.1) is 16.9 Å². The Kier molecular flexibility index (Phi) is 5.72.